The van der Waals surface area contributed by atoms with Crippen LogP contribution in [0.15, 0.2) is 36.9 Å². The van der Waals surface area contributed by atoms with Gasteiger partial charge in [-0.2, -0.15) is 0 Å². The molecule has 2 rings (SSSR count). The molecule has 0 aliphatic heterocycles. The molecule has 2 aromatic rings. The Morgan fingerprint density at radius 1 is 1.07 bits per heavy atom. The first-order chi connectivity index (χ1) is 13.1. The van der Waals surface area contributed by atoms with Crippen molar-refractivity contribution in [3.63, 3.8) is 0 Å². The van der Waals surface area contributed by atoms with Gasteiger partial charge in [0, 0.05) is 6.42 Å². The van der Waals surface area contributed by atoms with Crippen LogP contribution in [-0.4, -0.2) is 28.1 Å². The SMILES string of the molecule is C=CC(=O)NC(Cc1cc(I)c(Oc2cc(I)c(O)c(I)c2)c(I)c1)C(=O)O. The zero-order valence-electron chi connectivity index (χ0n) is 14.0. The topological polar surface area (TPSA) is 95.9 Å². The number of carboxylic acids is 1. The van der Waals surface area contributed by atoms with Crippen LogP contribution in [0.3, 0.4) is 0 Å². The van der Waals surface area contributed by atoms with Crippen molar-refractivity contribution in [1.82, 2.24) is 5.32 Å². The zero-order chi connectivity index (χ0) is 21.0. The Labute approximate surface area is 216 Å². The minimum absolute atomic E-state index is 0.135. The lowest BCUT2D eigenvalue weighted by Crippen LogP contribution is -2.41. The van der Waals surface area contributed by atoms with Crippen LogP contribution in [0.25, 0.3) is 0 Å². The van der Waals surface area contributed by atoms with Gasteiger partial charge in [-0.1, -0.05) is 6.58 Å². The van der Waals surface area contributed by atoms with Crippen molar-refractivity contribution in [1.29, 1.82) is 0 Å². The highest BCUT2D eigenvalue weighted by atomic mass is 127. The number of benzene rings is 2. The van der Waals surface area contributed by atoms with Gasteiger partial charge >= 0.3 is 5.97 Å². The molecular formula is C18H13I4NO5. The Hall–Kier alpha value is -0.360. The maximum absolute atomic E-state index is 11.5. The number of carbonyl (C=O) groups is 2. The molecular weight excluding hydrogens is 818 g/mol. The fraction of sp³-hybridized carbons (Fsp3) is 0.111. The molecule has 6 nitrogen and oxygen atoms in total. The van der Waals surface area contributed by atoms with Gasteiger partial charge in [0.2, 0.25) is 5.91 Å². The van der Waals surface area contributed by atoms with Gasteiger partial charge in [-0.25, -0.2) is 4.79 Å². The molecule has 28 heavy (non-hydrogen) atoms. The number of nitrogens with one attached hydrogen (secondary N) is 1. The number of rotatable bonds is 7. The van der Waals surface area contributed by atoms with Gasteiger partial charge in [0.1, 0.15) is 17.5 Å². The third kappa shape index (κ3) is 6.32. The molecule has 1 unspecified atom stereocenters. The fourth-order valence-electron chi connectivity index (χ4n) is 2.21. The van der Waals surface area contributed by atoms with E-state index >= 15 is 0 Å². The summed E-state index contributed by atoms with van der Waals surface area (Å²) in [5.41, 5.74) is 0.757. The summed E-state index contributed by atoms with van der Waals surface area (Å²) in [7, 11) is 0. The first-order valence-electron chi connectivity index (χ1n) is 7.62. The molecule has 10 heteroatoms. The van der Waals surface area contributed by atoms with Gasteiger partial charge < -0.3 is 20.3 Å². The normalized spacial score (nSPS) is 11.6. The third-order valence-electron chi connectivity index (χ3n) is 3.51. The van der Waals surface area contributed by atoms with Crippen molar-refractivity contribution >= 4 is 102 Å². The summed E-state index contributed by atoms with van der Waals surface area (Å²) in [4.78, 5) is 22.9. The highest BCUT2D eigenvalue weighted by molar-refractivity contribution is 14.1. The molecule has 2 aromatic carbocycles. The molecule has 0 fully saturated rings. The van der Waals surface area contributed by atoms with Gasteiger partial charge in [0.05, 0.1) is 14.3 Å². The maximum Gasteiger partial charge on any atom is 0.326 e. The summed E-state index contributed by atoms with van der Waals surface area (Å²) in [5, 5.41) is 21.6. The number of ether oxygens (including phenoxy) is 1. The van der Waals surface area contributed by atoms with Crippen molar-refractivity contribution in [3.05, 3.63) is 56.8 Å². The predicted octanol–water partition coefficient (Wildman–Crippen LogP) is 4.90. The minimum atomic E-state index is -1.12. The summed E-state index contributed by atoms with van der Waals surface area (Å²) in [6.45, 7) is 3.34. The lowest BCUT2D eigenvalue weighted by atomic mass is 10.1. The minimum Gasteiger partial charge on any atom is -0.506 e. The van der Waals surface area contributed by atoms with Crippen molar-refractivity contribution in [2.45, 2.75) is 12.5 Å². The van der Waals surface area contributed by atoms with Gasteiger partial charge in [-0.15, -0.1) is 0 Å². The van der Waals surface area contributed by atoms with E-state index in [0.29, 0.717) is 18.6 Å². The standard InChI is InChI=1S/C18H13I4NO5/c1-2-15(24)23-14(18(26)27)5-8-3-12(21)17(13(22)4-8)28-9-6-10(19)16(25)11(20)7-9/h2-4,6-7,14,25H,1,5H2,(H,23,24)(H,26,27). The summed E-state index contributed by atoms with van der Waals surface area (Å²) in [6.07, 6.45) is 1.18. The Balaban J connectivity index is 2.28. The zero-order valence-corrected chi connectivity index (χ0v) is 22.6. The first-order valence-corrected chi connectivity index (χ1v) is 11.9. The van der Waals surface area contributed by atoms with E-state index in [9.17, 15) is 19.8 Å². The highest BCUT2D eigenvalue weighted by Crippen LogP contribution is 2.36. The summed E-state index contributed by atoms with van der Waals surface area (Å²) < 4.78 is 8.98. The summed E-state index contributed by atoms with van der Waals surface area (Å²) in [5.74, 6) is -0.197. The molecule has 0 saturated carbocycles. The molecule has 1 atom stereocenters. The van der Waals surface area contributed by atoms with E-state index in [1.54, 1.807) is 12.1 Å². The van der Waals surface area contributed by atoms with Crippen molar-refractivity contribution < 1.29 is 24.5 Å². The van der Waals surface area contributed by atoms with Gasteiger partial charge in [0.25, 0.3) is 0 Å². The van der Waals surface area contributed by atoms with E-state index in [1.165, 1.54) is 0 Å². The average Bonchev–Trinajstić information content (AvgIpc) is 2.61. The van der Waals surface area contributed by atoms with Gasteiger partial charge in [0.15, 0.2) is 5.75 Å². The van der Waals surface area contributed by atoms with E-state index < -0.39 is 17.9 Å². The fourth-order valence-corrected chi connectivity index (χ4v) is 6.04. The monoisotopic (exact) mass is 831 g/mol. The number of phenols is 1. The van der Waals surface area contributed by atoms with Gasteiger partial charge in [-0.3, -0.25) is 4.79 Å². The maximum atomic E-state index is 11.5. The second-order valence-corrected chi connectivity index (χ2v) is 10.2. The number of hydrogen-bond acceptors (Lipinski definition) is 4. The van der Waals surface area contributed by atoms with Crippen molar-refractivity contribution in [3.8, 4) is 17.2 Å². The molecule has 0 aromatic heterocycles. The highest BCUT2D eigenvalue weighted by Gasteiger charge is 2.21. The second-order valence-electron chi connectivity index (χ2n) is 5.53. The molecule has 0 radical (unpaired) electrons. The molecule has 0 aliphatic carbocycles. The van der Waals surface area contributed by atoms with Crippen LogP contribution in [0.4, 0.5) is 0 Å². The van der Waals surface area contributed by atoms with Crippen molar-refractivity contribution in [2.75, 3.05) is 0 Å². The van der Waals surface area contributed by atoms with Crippen LogP contribution < -0.4 is 10.1 Å². The number of carbonyl (C=O) groups excluding carboxylic acids is 1. The van der Waals surface area contributed by atoms with E-state index in [1.807, 2.05) is 57.3 Å². The molecule has 0 spiro atoms. The first kappa shape index (κ1) is 23.9. The number of aromatic hydroxyl groups is 1. The average molecular weight is 831 g/mol. The molecule has 0 bridgehead atoms. The Morgan fingerprint density at radius 2 is 1.61 bits per heavy atom. The van der Waals surface area contributed by atoms with E-state index in [2.05, 4.69) is 57.1 Å². The van der Waals surface area contributed by atoms with Crippen LogP contribution >= 0.6 is 90.4 Å². The number of phenolic OH excluding ortho intramolecular Hbond substituents is 1. The summed E-state index contributed by atoms with van der Waals surface area (Å²) >= 11 is 8.33. The van der Waals surface area contributed by atoms with E-state index in [4.69, 9.17) is 4.74 Å². The molecule has 0 aliphatic rings. The quantitative estimate of drug-likeness (QED) is 0.273. The van der Waals surface area contributed by atoms with Crippen LogP contribution in [-0.2, 0) is 16.0 Å². The molecule has 1 amide bonds. The number of hydrogen-bond donors (Lipinski definition) is 3. The smallest absolute Gasteiger partial charge is 0.326 e. The Kier molecular flexibility index (Phi) is 9.06. The Morgan fingerprint density at radius 3 is 2.07 bits per heavy atom. The Bertz CT molecular complexity index is 902. The van der Waals surface area contributed by atoms with E-state index in [-0.39, 0.29) is 12.2 Å². The lowest BCUT2D eigenvalue weighted by Gasteiger charge is -2.16. The summed E-state index contributed by atoms with van der Waals surface area (Å²) in [6, 6.07) is 6.07. The molecule has 0 heterocycles. The van der Waals surface area contributed by atoms with Crippen molar-refractivity contribution in [2.24, 2.45) is 0 Å². The van der Waals surface area contributed by atoms with Crippen LogP contribution in [0, 0.1) is 14.3 Å². The van der Waals surface area contributed by atoms with E-state index in [0.717, 1.165) is 18.8 Å². The molecule has 0 saturated heterocycles. The predicted molar refractivity (Wildman–Crippen MR) is 139 cm³/mol. The third-order valence-corrected chi connectivity index (χ3v) is 6.76. The van der Waals surface area contributed by atoms with Crippen LogP contribution in [0.5, 0.6) is 17.2 Å². The molecule has 148 valence electrons. The number of halogens is 4. The number of amides is 1. The van der Waals surface area contributed by atoms with Crippen LogP contribution in [0.2, 0.25) is 0 Å². The molecule has 3 N–H and O–H groups in total. The second kappa shape index (κ2) is 10.6. The largest absolute Gasteiger partial charge is 0.506 e. The van der Waals surface area contributed by atoms with Gasteiger partial charge in [-0.05, 0) is 126 Å². The number of aliphatic carboxylic acids is 1. The van der Waals surface area contributed by atoms with Crippen LogP contribution in [0.1, 0.15) is 5.56 Å². The lowest BCUT2D eigenvalue weighted by molar-refractivity contribution is -0.141. The number of carboxylic acid groups (broad SMARTS) is 1.